The second-order valence-corrected chi connectivity index (χ2v) is 7.07. The smallest absolute Gasteiger partial charge is 0.312 e. The fourth-order valence-electron chi connectivity index (χ4n) is 2.47. The summed E-state index contributed by atoms with van der Waals surface area (Å²) in [6, 6.07) is 11.6. The quantitative estimate of drug-likeness (QED) is 0.598. The molecular weight excluding hydrogens is 376 g/mol. The monoisotopic (exact) mass is 398 g/mol. The van der Waals surface area contributed by atoms with Crippen LogP contribution in [0.1, 0.15) is 20.8 Å². The molecule has 0 aliphatic rings. The van der Waals surface area contributed by atoms with Gasteiger partial charge in [0.05, 0.1) is 17.4 Å². The summed E-state index contributed by atoms with van der Waals surface area (Å²) in [6.45, 7) is 5.58. The molecule has 3 rings (SSSR count). The van der Waals surface area contributed by atoms with E-state index in [-0.39, 0.29) is 17.8 Å². The number of carboxylic acid groups (broad SMARTS) is 1. The second kappa shape index (κ2) is 8.26. The summed E-state index contributed by atoms with van der Waals surface area (Å²) < 4.78 is 22.1. The van der Waals surface area contributed by atoms with Gasteiger partial charge in [0, 0.05) is 6.07 Å². The van der Waals surface area contributed by atoms with E-state index in [2.05, 4.69) is 0 Å². The molecule has 7 heteroatoms. The van der Waals surface area contributed by atoms with E-state index in [1.54, 1.807) is 56.3 Å². The van der Waals surface area contributed by atoms with Gasteiger partial charge in [0.25, 0.3) is 0 Å². The van der Waals surface area contributed by atoms with Crippen molar-refractivity contribution in [1.82, 2.24) is 0 Å². The van der Waals surface area contributed by atoms with E-state index in [4.69, 9.17) is 23.7 Å². The van der Waals surface area contributed by atoms with Gasteiger partial charge in [-0.25, -0.2) is 0 Å². The molecule has 0 radical (unpaired) electrons. The molecule has 0 unspecified atom stereocenters. The van der Waals surface area contributed by atoms with E-state index < -0.39 is 11.4 Å². The van der Waals surface area contributed by atoms with Crippen molar-refractivity contribution in [1.29, 1.82) is 0 Å². The molecule has 0 atom stereocenters. The van der Waals surface area contributed by atoms with Crippen molar-refractivity contribution < 1.29 is 28.5 Å². The molecular formula is C22H22O7. The van der Waals surface area contributed by atoms with Crippen LogP contribution in [0.15, 0.2) is 57.9 Å². The van der Waals surface area contributed by atoms with Gasteiger partial charge in [0.15, 0.2) is 0 Å². The Hall–Kier alpha value is -3.48. The van der Waals surface area contributed by atoms with Crippen LogP contribution in [0, 0.1) is 5.41 Å². The number of aliphatic carboxylic acids is 1. The lowest BCUT2D eigenvalue weighted by Gasteiger charge is -2.19. The van der Waals surface area contributed by atoms with Gasteiger partial charge in [-0.1, -0.05) is 0 Å². The highest BCUT2D eigenvalue weighted by atomic mass is 16.5. The Morgan fingerprint density at radius 1 is 1.03 bits per heavy atom. The lowest BCUT2D eigenvalue weighted by atomic mass is 9.95. The fourth-order valence-corrected chi connectivity index (χ4v) is 2.47. The molecule has 0 saturated heterocycles. The molecule has 0 saturated carbocycles. The van der Waals surface area contributed by atoms with E-state index in [9.17, 15) is 9.59 Å². The van der Waals surface area contributed by atoms with Crippen molar-refractivity contribution in [3.05, 3.63) is 59.0 Å². The van der Waals surface area contributed by atoms with Crippen LogP contribution in [0.5, 0.6) is 23.0 Å². The maximum Gasteiger partial charge on any atom is 0.312 e. The van der Waals surface area contributed by atoms with Crippen LogP contribution in [0.3, 0.4) is 0 Å². The molecule has 3 aromatic rings. The van der Waals surface area contributed by atoms with Crippen molar-refractivity contribution in [3.63, 3.8) is 0 Å². The highest BCUT2D eigenvalue weighted by molar-refractivity contribution is 5.79. The lowest BCUT2D eigenvalue weighted by Crippen LogP contribution is -2.30. The standard InChI is InChI=1S/C22H22O7/c1-4-26-14-5-7-15(8-6-14)29-19-12-27-18-11-16(9-10-17(18)20(19)23)28-13-22(2,3)21(24)25/h5-12H,4,13H2,1-3H3,(H,24,25). The summed E-state index contributed by atoms with van der Waals surface area (Å²) >= 11 is 0. The third-order valence-corrected chi connectivity index (χ3v) is 4.26. The molecule has 0 fully saturated rings. The topological polar surface area (TPSA) is 95.2 Å². The van der Waals surface area contributed by atoms with E-state index in [1.165, 1.54) is 6.26 Å². The van der Waals surface area contributed by atoms with Gasteiger partial charge in [-0.05, 0) is 57.2 Å². The molecule has 1 aromatic heterocycles. The highest BCUT2D eigenvalue weighted by Gasteiger charge is 2.28. The Morgan fingerprint density at radius 2 is 1.69 bits per heavy atom. The average Bonchev–Trinajstić information content (AvgIpc) is 2.70. The third-order valence-electron chi connectivity index (χ3n) is 4.26. The maximum absolute atomic E-state index is 12.7. The summed E-state index contributed by atoms with van der Waals surface area (Å²) in [6.07, 6.45) is 1.24. The maximum atomic E-state index is 12.7. The molecule has 0 aliphatic carbocycles. The first-order valence-electron chi connectivity index (χ1n) is 9.12. The van der Waals surface area contributed by atoms with Crippen molar-refractivity contribution in [3.8, 4) is 23.0 Å². The fraction of sp³-hybridized carbons (Fsp3) is 0.273. The Balaban J connectivity index is 1.79. The number of fused-ring (bicyclic) bond motifs is 1. The summed E-state index contributed by atoms with van der Waals surface area (Å²) in [4.78, 5) is 23.9. The van der Waals surface area contributed by atoms with Gasteiger partial charge in [-0.15, -0.1) is 0 Å². The van der Waals surface area contributed by atoms with E-state index in [1.807, 2.05) is 6.92 Å². The van der Waals surface area contributed by atoms with Gasteiger partial charge in [0.2, 0.25) is 11.2 Å². The zero-order chi connectivity index (χ0) is 21.0. The number of carboxylic acids is 1. The van der Waals surface area contributed by atoms with Crippen molar-refractivity contribution in [2.45, 2.75) is 20.8 Å². The van der Waals surface area contributed by atoms with Gasteiger partial charge < -0.3 is 23.7 Å². The minimum absolute atomic E-state index is 0.0169. The molecule has 7 nitrogen and oxygen atoms in total. The zero-order valence-corrected chi connectivity index (χ0v) is 16.4. The van der Waals surface area contributed by atoms with Crippen LogP contribution in [0.4, 0.5) is 0 Å². The first kappa shape index (κ1) is 20.3. The van der Waals surface area contributed by atoms with E-state index in [0.717, 1.165) is 0 Å². The number of hydrogen-bond donors (Lipinski definition) is 1. The van der Waals surface area contributed by atoms with Crippen molar-refractivity contribution in [2.75, 3.05) is 13.2 Å². The average molecular weight is 398 g/mol. The number of benzene rings is 2. The Morgan fingerprint density at radius 3 is 2.34 bits per heavy atom. The number of ether oxygens (including phenoxy) is 3. The van der Waals surface area contributed by atoms with Gasteiger partial charge in [-0.2, -0.15) is 0 Å². The molecule has 152 valence electrons. The summed E-state index contributed by atoms with van der Waals surface area (Å²) in [7, 11) is 0. The van der Waals surface area contributed by atoms with Crippen LogP contribution in [0.2, 0.25) is 0 Å². The van der Waals surface area contributed by atoms with Crippen LogP contribution in [-0.4, -0.2) is 24.3 Å². The molecule has 0 aliphatic heterocycles. The zero-order valence-electron chi connectivity index (χ0n) is 16.4. The van der Waals surface area contributed by atoms with E-state index >= 15 is 0 Å². The second-order valence-electron chi connectivity index (χ2n) is 7.07. The van der Waals surface area contributed by atoms with Crippen LogP contribution in [0.25, 0.3) is 11.0 Å². The van der Waals surface area contributed by atoms with Gasteiger partial charge >= 0.3 is 5.97 Å². The van der Waals surface area contributed by atoms with Crippen molar-refractivity contribution >= 4 is 16.9 Å². The van der Waals surface area contributed by atoms with Crippen molar-refractivity contribution in [2.24, 2.45) is 5.41 Å². The molecule has 1 N–H and O–H groups in total. The molecule has 1 heterocycles. The molecule has 0 bridgehead atoms. The predicted octanol–water partition coefficient (Wildman–Crippen LogP) is 4.47. The largest absolute Gasteiger partial charge is 0.494 e. The normalized spacial score (nSPS) is 11.3. The van der Waals surface area contributed by atoms with Crippen LogP contribution < -0.4 is 19.6 Å². The molecule has 2 aromatic carbocycles. The summed E-state index contributed by atoms with van der Waals surface area (Å²) in [5, 5.41) is 9.49. The molecule has 29 heavy (non-hydrogen) atoms. The number of hydrogen-bond acceptors (Lipinski definition) is 6. The Bertz CT molecular complexity index is 1060. The first-order chi connectivity index (χ1) is 13.8. The summed E-state index contributed by atoms with van der Waals surface area (Å²) in [5.41, 5.74) is -1.04. The Kier molecular flexibility index (Phi) is 5.77. The minimum atomic E-state index is -1.04. The van der Waals surface area contributed by atoms with Crippen LogP contribution in [-0.2, 0) is 4.79 Å². The predicted molar refractivity (Wildman–Crippen MR) is 107 cm³/mol. The minimum Gasteiger partial charge on any atom is -0.494 e. The Labute approximate surface area is 167 Å². The van der Waals surface area contributed by atoms with Crippen LogP contribution >= 0.6 is 0 Å². The summed E-state index contributed by atoms with van der Waals surface area (Å²) in [5.74, 6) is 0.707. The SMILES string of the molecule is CCOc1ccc(Oc2coc3cc(OCC(C)(C)C(=O)O)ccc3c2=O)cc1. The third kappa shape index (κ3) is 4.68. The number of carbonyl (C=O) groups is 1. The van der Waals surface area contributed by atoms with Gasteiger partial charge in [0.1, 0.15) is 35.7 Å². The number of rotatable bonds is 8. The first-order valence-corrected chi connectivity index (χ1v) is 9.12. The molecule has 0 amide bonds. The van der Waals surface area contributed by atoms with E-state index in [0.29, 0.717) is 34.8 Å². The van der Waals surface area contributed by atoms with Gasteiger partial charge in [-0.3, -0.25) is 9.59 Å². The molecule has 0 spiro atoms. The lowest BCUT2D eigenvalue weighted by molar-refractivity contribution is -0.148. The highest BCUT2D eigenvalue weighted by Crippen LogP contribution is 2.26.